The van der Waals surface area contributed by atoms with Crippen molar-refractivity contribution in [3.8, 4) is 17.2 Å². The van der Waals surface area contributed by atoms with Gasteiger partial charge in [0.2, 0.25) is 12.7 Å². The maximum absolute atomic E-state index is 12.6. The first kappa shape index (κ1) is 17.8. The molecule has 28 heavy (non-hydrogen) atoms. The highest BCUT2D eigenvalue weighted by Gasteiger charge is 2.33. The standard InChI is InChI=1S/C20H18N2O6/c1-11(23)13-3-5-16-15(7-13)22(20(25)12(2)28-16)9-19(24)21-14-4-6-17-18(8-14)27-10-26-17/h3-8,12H,9-10H2,1-2H3,(H,21,24). The Kier molecular flexibility index (Phi) is 4.38. The van der Waals surface area contributed by atoms with Gasteiger partial charge in [0, 0.05) is 17.3 Å². The van der Waals surface area contributed by atoms with Gasteiger partial charge in [-0.2, -0.15) is 0 Å². The fourth-order valence-electron chi connectivity index (χ4n) is 3.11. The summed E-state index contributed by atoms with van der Waals surface area (Å²) in [5.74, 6) is 0.729. The number of nitrogens with one attached hydrogen (secondary N) is 1. The number of carbonyl (C=O) groups excluding carboxylic acids is 3. The molecule has 0 saturated heterocycles. The molecule has 1 unspecified atom stereocenters. The van der Waals surface area contributed by atoms with Crippen molar-refractivity contribution in [3.63, 3.8) is 0 Å². The van der Waals surface area contributed by atoms with E-state index < -0.39 is 6.10 Å². The lowest BCUT2D eigenvalue weighted by molar-refractivity contribution is -0.127. The predicted octanol–water partition coefficient (Wildman–Crippen LogP) is 2.37. The number of rotatable bonds is 4. The molecule has 8 heteroatoms. The van der Waals surface area contributed by atoms with Gasteiger partial charge in [0.05, 0.1) is 5.69 Å². The van der Waals surface area contributed by atoms with Crippen LogP contribution >= 0.6 is 0 Å². The van der Waals surface area contributed by atoms with E-state index in [9.17, 15) is 14.4 Å². The Morgan fingerprint density at radius 3 is 2.64 bits per heavy atom. The quantitative estimate of drug-likeness (QED) is 0.816. The second kappa shape index (κ2) is 6.88. The van der Waals surface area contributed by atoms with Crippen molar-refractivity contribution in [3.05, 3.63) is 42.0 Å². The van der Waals surface area contributed by atoms with E-state index >= 15 is 0 Å². The van der Waals surface area contributed by atoms with Gasteiger partial charge in [-0.05, 0) is 44.2 Å². The van der Waals surface area contributed by atoms with Gasteiger partial charge in [-0.15, -0.1) is 0 Å². The van der Waals surface area contributed by atoms with E-state index in [1.54, 1.807) is 43.3 Å². The molecule has 0 aliphatic carbocycles. The summed E-state index contributed by atoms with van der Waals surface area (Å²) in [6.07, 6.45) is -0.728. The summed E-state index contributed by atoms with van der Waals surface area (Å²) < 4.78 is 16.1. The first-order valence-electron chi connectivity index (χ1n) is 8.75. The number of carbonyl (C=O) groups is 3. The Bertz CT molecular complexity index is 987. The Labute approximate surface area is 161 Å². The second-order valence-corrected chi connectivity index (χ2v) is 6.54. The zero-order valence-electron chi connectivity index (χ0n) is 15.4. The van der Waals surface area contributed by atoms with Crippen LogP contribution in [0.3, 0.4) is 0 Å². The Hall–Kier alpha value is -3.55. The maximum Gasteiger partial charge on any atom is 0.268 e. The highest BCUT2D eigenvalue weighted by Crippen LogP contribution is 2.36. The van der Waals surface area contributed by atoms with E-state index in [0.717, 1.165) is 0 Å². The molecular weight excluding hydrogens is 364 g/mol. The maximum atomic E-state index is 12.6. The van der Waals surface area contributed by atoms with E-state index in [1.807, 2.05) is 0 Å². The Balaban J connectivity index is 1.56. The van der Waals surface area contributed by atoms with Gasteiger partial charge in [-0.3, -0.25) is 19.3 Å². The van der Waals surface area contributed by atoms with Gasteiger partial charge < -0.3 is 19.5 Å². The van der Waals surface area contributed by atoms with Crippen molar-refractivity contribution in [1.29, 1.82) is 0 Å². The number of benzene rings is 2. The van der Waals surface area contributed by atoms with Crippen molar-refractivity contribution in [2.75, 3.05) is 23.6 Å². The molecule has 0 bridgehead atoms. The smallest absolute Gasteiger partial charge is 0.268 e. The van der Waals surface area contributed by atoms with Crippen molar-refractivity contribution in [1.82, 2.24) is 0 Å². The molecule has 0 spiro atoms. The van der Waals surface area contributed by atoms with E-state index in [2.05, 4.69) is 5.32 Å². The van der Waals surface area contributed by atoms with Gasteiger partial charge >= 0.3 is 0 Å². The van der Waals surface area contributed by atoms with Crippen LogP contribution in [0.1, 0.15) is 24.2 Å². The first-order chi connectivity index (χ1) is 13.4. The van der Waals surface area contributed by atoms with Gasteiger partial charge in [-0.1, -0.05) is 0 Å². The monoisotopic (exact) mass is 382 g/mol. The molecule has 0 fully saturated rings. The zero-order chi connectivity index (χ0) is 19.8. The number of hydrogen-bond donors (Lipinski definition) is 1. The summed E-state index contributed by atoms with van der Waals surface area (Å²) in [7, 11) is 0. The van der Waals surface area contributed by atoms with Crippen molar-refractivity contribution in [2.45, 2.75) is 20.0 Å². The topological polar surface area (TPSA) is 94.2 Å². The highest BCUT2D eigenvalue weighted by molar-refractivity contribution is 6.07. The predicted molar refractivity (Wildman–Crippen MR) is 100 cm³/mol. The molecule has 8 nitrogen and oxygen atoms in total. The number of hydrogen-bond acceptors (Lipinski definition) is 6. The lowest BCUT2D eigenvalue weighted by Crippen LogP contribution is -2.47. The molecular formula is C20H18N2O6. The minimum Gasteiger partial charge on any atom is -0.479 e. The van der Waals surface area contributed by atoms with Crippen LogP contribution in [0.15, 0.2) is 36.4 Å². The largest absolute Gasteiger partial charge is 0.479 e. The van der Waals surface area contributed by atoms with Crippen molar-refractivity contribution < 1.29 is 28.6 Å². The number of fused-ring (bicyclic) bond motifs is 2. The molecule has 2 aliphatic rings. The van der Waals surface area contributed by atoms with E-state index in [0.29, 0.717) is 34.2 Å². The Morgan fingerprint density at radius 1 is 1.11 bits per heavy atom. The highest BCUT2D eigenvalue weighted by atomic mass is 16.7. The van der Waals surface area contributed by atoms with Crippen LogP contribution in [-0.2, 0) is 9.59 Å². The number of anilines is 2. The SMILES string of the molecule is CC(=O)c1ccc2c(c1)N(CC(=O)Nc1ccc3c(c1)OCO3)C(=O)C(C)O2. The number of Topliss-reactive ketones (excluding diaryl/α,β-unsaturated/α-hetero) is 1. The van der Waals surface area contributed by atoms with Crippen molar-refractivity contribution in [2.24, 2.45) is 0 Å². The summed E-state index contributed by atoms with van der Waals surface area (Å²) in [4.78, 5) is 38.2. The van der Waals surface area contributed by atoms with Gasteiger partial charge in [0.15, 0.2) is 23.4 Å². The number of nitrogens with zero attached hydrogens (tertiary/aromatic N) is 1. The average Bonchev–Trinajstić information content (AvgIpc) is 3.12. The molecule has 0 aromatic heterocycles. The fourth-order valence-corrected chi connectivity index (χ4v) is 3.11. The third-order valence-electron chi connectivity index (χ3n) is 4.53. The summed E-state index contributed by atoms with van der Waals surface area (Å²) in [6, 6.07) is 9.89. The average molecular weight is 382 g/mol. The molecule has 2 aromatic rings. The first-order valence-corrected chi connectivity index (χ1v) is 8.75. The molecule has 2 amide bonds. The molecule has 0 radical (unpaired) electrons. The lowest BCUT2D eigenvalue weighted by Gasteiger charge is -2.32. The van der Waals surface area contributed by atoms with Gasteiger partial charge in [0.25, 0.3) is 5.91 Å². The third kappa shape index (κ3) is 3.24. The minimum absolute atomic E-state index is 0.140. The minimum atomic E-state index is -0.728. The van der Waals surface area contributed by atoms with Crippen LogP contribution in [-0.4, -0.2) is 37.0 Å². The Morgan fingerprint density at radius 2 is 1.86 bits per heavy atom. The van der Waals surface area contributed by atoms with Crippen LogP contribution in [0, 0.1) is 0 Å². The normalized spacial score (nSPS) is 17.0. The van der Waals surface area contributed by atoms with Crippen molar-refractivity contribution >= 4 is 29.0 Å². The summed E-state index contributed by atoms with van der Waals surface area (Å²) in [5.41, 5.74) is 1.36. The molecule has 2 heterocycles. The third-order valence-corrected chi connectivity index (χ3v) is 4.53. The summed E-state index contributed by atoms with van der Waals surface area (Å²) in [6.45, 7) is 2.98. The molecule has 4 rings (SSSR count). The number of amides is 2. The van der Waals surface area contributed by atoms with Gasteiger partial charge in [0.1, 0.15) is 12.3 Å². The van der Waals surface area contributed by atoms with Crippen LogP contribution in [0.5, 0.6) is 17.2 Å². The van der Waals surface area contributed by atoms with Crippen LogP contribution in [0.4, 0.5) is 11.4 Å². The number of ether oxygens (including phenoxy) is 3. The van der Waals surface area contributed by atoms with Crippen LogP contribution < -0.4 is 24.4 Å². The fraction of sp³-hybridized carbons (Fsp3) is 0.250. The molecule has 0 saturated carbocycles. The second-order valence-electron chi connectivity index (χ2n) is 6.54. The van der Waals surface area contributed by atoms with Gasteiger partial charge in [-0.25, -0.2) is 0 Å². The summed E-state index contributed by atoms with van der Waals surface area (Å²) >= 11 is 0. The molecule has 1 atom stereocenters. The molecule has 1 N–H and O–H groups in total. The van der Waals surface area contributed by atoms with E-state index in [1.165, 1.54) is 11.8 Å². The molecule has 2 aliphatic heterocycles. The van der Waals surface area contributed by atoms with Crippen LogP contribution in [0.25, 0.3) is 0 Å². The zero-order valence-corrected chi connectivity index (χ0v) is 15.4. The molecule has 2 aromatic carbocycles. The molecule has 144 valence electrons. The van der Waals surface area contributed by atoms with E-state index in [-0.39, 0.29) is 30.9 Å². The summed E-state index contributed by atoms with van der Waals surface area (Å²) in [5, 5.41) is 2.75. The number of ketones is 1. The van der Waals surface area contributed by atoms with E-state index in [4.69, 9.17) is 14.2 Å². The van der Waals surface area contributed by atoms with Crippen LogP contribution in [0.2, 0.25) is 0 Å². The lowest BCUT2D eigenvalue weighted by atomic mass is 10.1.